The molecule has 3 rings (SSSR count). The molecule has 0 bridgehead atoms. The van der Waals surface area contributed by atoms with Crippen molar-refractivity contribution in [3.63, 3.8) is 0 Å². The Morgan fingerprint density at radius 1 is 1.24 bits per heavy atom. The van der Waals surface area contributed by atoms with Crippen LogP contribution in [0.3, 0.4) is 0 Å². The van der Waals surface area contributed by atoms with Gasteiger partial charge < -0.3 is 9.72 Å². The maximum atomic E-state index is 6.26. The van der Waals surface area contributed by atoms with Crippen LogP contribution in [0.2, 0.25) is 10.0 Å². The number of benzene rings is 2. The summed E-state index contributed by atoms with van der Waals surface area (Å²) in [7, 11) is 0. The molecule has 0 aliphatic carbocycles. The lowest BCUT2D eigenvalue weighted by Gasteiger charge is -2.12. The molecule has 2 N–H and O–H groups in total. The van der Waals surface area contributed by atoms with Crippen molar-refractivity contribution < 1.29 is 4.74 Å². The largest absolute Gasteiger partial charge is 0.490 e. The van der Waals surface area contributed by atoms with Crippen molar-refractivity contribution in [3.05, 3.63) is 52.0 Å². The normalized spacial score (nSPS) is 11.6. The Kier molecular flexibility index (Phi) is 5.46. The molecule has 0 atom stereocenters. The van der Waals surface area contributed by atoms with Crippen LogP contribution in [0, 0.1) is 5.92 Å². The van der Waals surface area contributed by atoms with E-state index in [4.69, 9.17) is 27.9 Å². The number of aromatic nitrogens is 2. The Hall–Kier alpha value is -2.24. The van der Waals surface area contributed by atoms with E-state index in [0.29, 0.717) is 34.3 Å². The van der Waals surface area contributed by atoms with E-state index < -0.39 is 0 Å². The molecule has 0 aliphatic heterocycles. The van der Waals surface area contributed by atoms with Gasteiger partial charge in [-0.2, -0.15) is 5.10 Å². The summed E-state index contributed by atoms with van der Waals surface area (Å²) in [5.41, 5.74) is 5.44. The predicted molar refractivity (Wildman–Crippen MR) is 104 cm³/mol. The first-order valence-corrected chi connectivity index (χ1v) is 8.64. The van der Waals surface area contributed by atoms with Crippen molar-refractivity contribution in [3.8, 4) is 5.75 Å². The minimum atomic E-state index is 0.390. The lowest BCUT2D eigenvalue weighted by molar-refractivity contribution is 0.271. The van der Waals surface area contributed by atoms with Gasteiger partial charge in [0.2, 0.25) is 5.95 Å². The monoisotopic (exact) mass is 376 g/mol. The summed E-state index contributed by atoms with van der Waals surface area (Å²) in [6, 6.07) is 11.3. The number of imidazole rings is 1. The number of para-hydroxylation sites is 2. The minimum absolute atomic E-state index is 0.390. The number of halogens is 2. The van der Waals surface area contributed by atoms with Crippen molar-refractivity contribution in [2.45, 2.75) is 13.8 Å². The van der Waals surface area contributed by atoms with Crippen LogP contribution in [-0.2, 0) is 0 Å². The summed E-state index contributed by atoms with van der Waals surface area (Å²) >= 11 is 12.5. The minimum Gasteiger partial charge on any atom is -0.490 e. The molecule has 1 heterocycles. The summed E-state index contributed by atoms with van der Waals surface area (Å²) in [4.78, 5) is 7.51. The zero-order chi connectivity index (χ0) is 17.8. The van der Waals surface area contributed by atoms with Gasteiger partial charge in [0, 0.05) is 0 Å². The van der Waals surface area contributed by atoms with Gasteiger partial charge in [-0.15, -0.1) is 0 Å². The average Bonchev–Trinajstić information content (AvgIpc) is 2.96. The van der Waals surface area contributed by atoms with E-state index in [1.54, 1.807) is 18.3 Å². The van der Waals surface area contributed by atoms with Gasteiger partial charge in [0.15, 0.2) is 5.75 Å². The standard InChI is InChI=1S/C18H18Cl2N4O/c1-11(2)10-25-17-13(19)7-12(8-14(17)20)9-21-24-18-22-15-5-3-4-6-16(15)23-18/h3-9,11H,10H2,1-2H3,(H2,22,23,24)/b21-9-. The second-order valence-electron chi connectivity index (χ2n) is 5.99. The van der Waals surface area contributed by atoms with Crippen LogP contribution in [0.15, 0.2) is 41.5 Å². The number of nitrogens with zero attached hydrogens (tertiary/aromatic N) is 2. The quantitative estimate of drug-likeness (QED) is 0.450. The smallest absolute Gasteiger partial charge is 0.222 e. The van der Waals surface area contributed by atoms with Gasteiger partial charge in [0.05, 0.1) is 33.9 Å². The van der Waals surface area contributed by atoms with Gasteiger partial charge in [0.1, 0.15) is 0 Å². The molecule has 1 aromatic heterocycles. The van der Waals surface area contributed by atoms with Gasteiger partial charge >= 0.3 is 0 Å². The molecule has 0 spiro atoms. The lowest BCUT2D eigenvalue weighted by Crippen LogP contribution is -2.05. The lowest BCUT2D eigenvalue weighted by atomic mass is 10.2. The number of rotatable bonds is 6. The van der Waals surface area contributed by atoms with E-state index in [1.165, 1.54) is 0 Å². The molecule has 0 amide bonds. The number of H-pyrrole nitrogens is 1. The van der Waals surface area contributed by atoms with Gasteiger partial charge in [0.25, 0.3) is 0 Å². The number of ether oxygens (including phenoxy) is 1. The van der Waals surface area contributed by atoms with Crippen LogP contribution >= 0.6 is 23.2 Å². The van der Waals surface area contributed by atoms with Crippen LogP contribution in [0.25, 0.3) is 11.0 Å². The third kappa shape index (κ3) is 4.44. The fraction of sp³-hybridized carbons (Fsp3) is 0.222. The highest BCUT2D eigenvalue weighted by atomic mass is 35.5. The van der Waals surface area contributed by atoms with Crippen molar-refractivity contribution in [1.29, 1.82) is 0 Å². The number of aromatic amines is 1. The van der Waals surface area contributed by atoms with Gasteiger partial charge in [-0.3, -0.25) is 0 Å². The maximum Gasteiger partial charge on any atom is 0.222 e. The second-order valence-corrected chi connectivity index (χ2v) is 6.81. The first-order valence-electron chi connectivity index (χ1n) is 7.88. The molecule has 2 aromatic carbocycles. The molecule has 5 nitrogen and oxygen atoms in total. The SMILES string of the molecule is CC(C)COc1c(Cl)cc(/C=N\Nc2nc3ccccc3[nH]2)cc1Cl. The van der Waals surface area contributed by atoms with Crippen molar-refractivity contribution in [2.75, 3.05) is 12.0 Å². The average molecular weight is 377 g/mol. The van der Waals surface area contributed by atoms with Gasteiger partial charge in [-0.1, -0.05) is 49.2 Å². The van der Waals surface area contributed by atoms with Crippen LogP contribution in [0.1, 0.15) is 19.4 Å². The molecule has 0 unspecified atom stereocenters. The fourth-order valence-corrected chi connectivity index (χ4v) is 2.83. The molecular weight excluding hydrogens is 359 g/mol. The fourth-order valence-electron chi connectivity index (χ4n) is 2.22. The Morgan fingerprint density at radius 3 is 2.64 bits per heavy atom. The molecule has 0 saturated carbocycles. The highest BCUT2D eigenvalue weighted by molar-refractivity contribution is 6.37. The zero-order valence-corrected chi connectivity index (χ0v) is 15.4. The molecular formula is C18H18Cl2N4O. The molecule has 0 radical (unpaired) electrons. The summed E-state index contributed by atoms with van der Waals surface area (Å²) < 4.78 is 5.65. The van der Waals surface area contributed by atoms with Gasteiger partial charge in [-0.05, 0) is 35.7 Å². The number of anilines is 1. The van der Waals surface area contributed by atoms with E-state index in [9.17, 15) is 0 Å². The van der Waals surface area contributed by atoms with Crippen LogP contribution < -0.4 is 10.2 Å². The van der Waals surface area contributed by atoms with E-state index in [2.05, 4.69) is 34.3 Å². The second kappa shape index (κ2) is 7.76. The van der Waals surface area contributed by atoms with Crippen molar-refractivity contribution >= 4 is 46.4 Å². The van der Waals surface area contributed by atoms with E-state index >= 15 is 0 Å². The molecule has 0 saturated heterocycles. The Bertz CT molecular complexity index is 849. The summed E-state index contributed by atoms with van der Waals surface area (Å²) in [5.74, 6) is 1.45. The number of hydrogen-bond donors (Lipinski definition) is 2. The maximum absolute atomic E-state index is 6.26. The number of fused-ring (bicyclic) bond motifs is 1. The third-order valence-corrected chi connectivity index (χ3v) is 3.92. The number of hydrogen-bond acceptors (Lipinski definition) is 4. The van der Waals surface area contributed by atoms with E-state index in [-0.39, 0.29) is 0 Å². The number of nitrogens with one attached hydrogen (secondary N) is 2. The van der Waals surface area contributed by atoms with Crippen LogP contribution in [0.5, 0.6) is 5.75 Å². The summed E-state index contributed by atoms with van der Waals surface area (Å²) in [5, 5.41) is 5.08. The number of hydrazone groups is 1. The molecule has 0 fully saturated rings. The highest BCUT2D eigenvalue weighted by Gasteiger charge is 2.10. The predicted octanol–water partition coefficient (Wildman–Crippen LogP) is 5.35. The van der Waals surface area contributed by atoms with Crippen molar-refractivity contribution in [2.24, 2.45) is 11.0 Å². The molecule has 0 aliphatic rings. The Morgan fingerprint density at radius 2 is 1.96 bits per heavy atom. The first kappa shape index (κ1) is 17.6. The van der Waals surface area contributed by atoms with Crippen LogP contribution in [-0.4, -0.2) is 22.8 Å². The topological polar surface area (TPSA) is 62.3 Å². The summed E-state index contributed by atoms with van der Waals surface area (Å²) in [6.07, 6.45) is 1.62. The van der Waals surface area contributed by atoms with Crippen LogP contribution in [0.4, 0.5) is 5.95 Å². The zero-order valence-electron chi connectivity index (χ0n) is 13.9. The molecule has 7 heteroatoms. The third-order valence-electron chi connectivity index (χ3n) is 3.36. The highest BCUT2D eigenvalue weighted by Crippen LogP contribution is 2.34. The molecule has 25 heavy (non-hydrogen) atoms. The Labute approximate surface area is 156 Å². The van der Waals surface area contributed by atoms with Gasteiger partial charge in [-0.25, -0.2) is 10.4 Å². The first-order chi connectivity index (χ1) is 12.0. The summed E-state index contributed by atoms with van der Waals surface area (Å²) in [6.45, 7) is 4.68. The Balaban J connectivity index is 1.70. The van der Waals surface area contributed by atoms with E-state index in [1.807, 2.05) is 24.3 Å². The molecule has 3 aromatic rings. The van der Waals surface area contributed by atoms with E-state index in [0.717, 1.165) is 16.6 Å². The van der Waals surface area contributed by atoms with Crippen molar-refractivity contribution in [1.82, 2.24) is 9.97 Å². The molecule has 130 valence electrons.